The maximum Gasteiger partial charge on any atom is 0.191 e. The summed E-state index contributed by atoms with van der Waals surface area (Å²) in [7, 11) is 2.02. The molecule has 1 aromatic heterocycles. The van der Waals surface area contributed by atoms with E-state index in [0.717, 1.165) is 16.5 Å². The average Bonchev–Trinajstić information content (AvgIpc) is 3.12. The van der Waals surface area contributed by atoms with E-state index >= 15 is 0 Å². The SMILES string of the molecule is C=CCn1cnnc1SC(C)C(=O)C=C1N(C)c2ccccc2C1(C)C. The first-order valence-corrected chi connectivity index (χ1v) is 9.49. The van der Waals surface area contributed by atoms with E-state index in [2.05, 4.69) is 47.7 Å². The molecule has 0 saturated carbocycles. The van der Waals surface area contributed by atoms with Crippen LogP contribution < -0.4 is 4.90 Å². The molecule has 0 saturated heterocycles. The smallest absolute Gasteiger partial charge is 0.191 e. The van der Waals surface area contributed by atoms with Gasteiger partial charge in [0.15, 0.2) is 10.9 Å². The van der Waals surface area contributed by atoms with Crippen LogP contribution in [0.4, 0.5) is 5.69 Å². The van der Waals surface area contributed by atoms with Crippen LogP contribution in [0.25, 0.3) is 0 Å². The van der Waals surface area contributed by atoms with Crippen molar-refractivity contribution in [2.45, 2.75) is 43.1 Å². The minimum absolute atomic E-state index is 0.0749. The number of benzene rings is 1. The van der Waals surface area contributed by atoms with Gasteiger partial charge in [0.2, 0.25) is 0 Å². The summed E-state index contributed by atoms with van der Waals surface area (Å²) in [4.78, 5) is 15.0. The number of likely N-dealkylation sites (N-methyl/N-ethyl adjacent to an activating group) is 1. The van der Waals surface area contributed by atoms with Gasteiger partial charge in [0.25, 0.3) is 0 Å². The zero-order chi connectivity index (χ0) is 18.9. The van der Waals surface area contributed by atoms with Gasteiger partial charge in [-0.3, -0.25) is 4.79 Å². The summed E-state index contributed by atoms with van der Waals surface area (Å²) in [6.45, 7) is 10.6. The second-order valence-corrected chi connectivity index (χ2v) is 8.26. The Labute approximate surface area is 158 Å². The summed E-state index contributed by atoms with van der Waals surface area (Å²) in [6.07, 6.45) is 5.23. The Morgan fingerprint density at radius 3 is 2.81 bits per heavy atom. The van der Waals surface area contributed by atoms with Crippen molar-refractivity contribution in [2.24, 2.45) is 0 Å². The lowest BCUT2D eigenvalue weighted by molar-refractivity contribution is -0.114. The van der Waals surface area contributed by atoms with Crippen molar-refractivity contribution in [3.8, 4) is 0 Å². The van der Waals surface area contributed by atoms with Crippen molar-refractivity contribution < 1.29 is 4.79 Å². The fourth-order valence-corrected chi connectivity index (χ4v) is 4.18. The molecule has 1 aromatic carbocycles. The average molecular weight is 369 g/mol. The Morgan fingerprint density at radius 2 is 2.12 bits per heavy atom. The van der Waals surface area contributed by atoms with E-state index < -0.39 is 0 Å². The number of hydrogen-bond donors (Lipinski definition) is 0. The van der Waals surface area contributed by atoms with E-state index in [-0.39, 0.29) is 16.4 Å². The molecule has 1 aliphatic rings. The third kappa shape index (κ3) is 3.21. The number of aromatic nitrogens is 3. The van der Waals surface area contributed by atoms with Crippen LogP contribution >= 0.6 is 11.8 Å². The molecule has 2 aromatic rings. The zero-order valence-corrected chi connectivity index (χ0v) is 16.5. The number of fused-ring (bicyclic) bond motifs is 1. The molecule has 0 amide bonds. The first-order chi connectivity index (χ1) is 12.4. The second kappa shape index (κ2) is 7.11. The summed E-state index contributed by atoms with van der Waals surface area (Å²) >= 11 is 1.42. The van der Waals surface area contributed by atoms with Gasteiger partial charge in [-0.2, -0.15) is 0 Å². The number of rotatable bonds is 6. The van der Waals surface area contributed by atoms with Crippen LogP contribution in [-0.4, -0.2) is 32.8 Å². The maximum absolute atomic E-state index is 12.9. The number of anilines is 1. The third-order valence-electron chi connectivity index (χ3n) is 4.81. The lowest BCUT2D eigenvalue weighted by Gasteiger charge is -2.24. The van der Waals surface area contributed by atoms with E-state index in [9.17, 15) is 4.79 Å². The molecular weight excluding hydrogens is 344 g/mol. The monoisotopic (exact) mass is 368 g/mol. The molecule has 0 fully saturated rings. The van der Waals surface area contributed by atoms with Crippen LogP contribution in [0, 0.1) is 0 Å². The lowest BCUT2D eigenvalue weighted by atomic mass is 9.83. The van der Waals surface area contributed by atoms with Crippen molar-refractivity contribution in [1.82, 2.24) is 14.8 Å². The Kier molecular flexibility index (Phi) is 5.05. The number of hydrogen-bond acceptors (Lipinski definition) is 5. The van der Waals surface area contributed by atoms with Crippen LogP contribution in [0.1, 0.15) is 26.3 Å². The van der Waals surface area contributed by atoms with Crippen LogP contribution in [0.2, 0.25) is 0 Å². The first kappa shape index (κ1) is 18.5. The number of nitrogens with zero attached hydrogens (tertiary/aromatic N) is 4. The molecule has 1 unspecified atom stereocenters. The lowest BCUT2D eigenvalue weighted by Crippen LogP contribution is -2.25. The normalized spacial score (nSPS) is 18.0. The Bertz CT molecular complexity index is 868. The van der Waals surface area contributed by atoms with E-state index in [1.807, 2.05) is 30.7 Å². The fraction of sp³-hybridized carbons (Fsp3) is 0.350. The first-order valence-electron chi connectivity index (χ1n) is 8.61. The summed E-state index contributed by atoms with van der Waals surface area (Å²) in [5.74, 6) is 0.0749. The Balaban J connectivity index is 1.82. The fourth-order valence-electron chi connectivity index (χ4n) is 3.33. The number of carbonyl (C=O) groups excluding carboxylic acids is 1. The van der Waals surface area contributed by atoms with Gasteiger partial charge in [-0.1, -0.05) is 49.9 Å². The topological polar surface area (TPSA) is 51.0 Å². The molecule has 136 valence electrons. The van der Waals surface area contributed by atoms with Crippen molar-refractivity contribution in [3.05, 3.63) is 60.6 Å². The molecule has 2 heterocycles. The van der Waals surface area contributed by atoms with Crippen molar-refractivity contribution in [1.29, 1.82) is 0 Å². The van der Waals surface area contributed by atoms with Crippen LogP contribution in [0.15, 0.2) is 60.2 Å². The van der Waals surface area contributed by atoms with Gasteiger partial charge in [-0.15, -0.1) is 16.8 Å². The number of thioether (sulfide) groups is 1. The quantitative estimate of drug-likeness (QED) is 0.441. The number of allylic oxidation sites excluding steroid dienone is 3. The number of ketones is 1. The Hall–Kier alpha value is -2.34. The largest absolute Gasteiger partial charge is 0.347 e. The highest BCUT2D eigenvalue weighted by molar-refractivity contribution is 8.00. The van der Waals surface area contributed by atoms with Gasteiger partial charge in [-0.05, 0) is 18.6 Å². The van der Waals surface area contributed by atoms with Crippen LogP contribution in [0.5, 0.6) is 0 Å². The highest BCUT2D eigenvalue weighted by Gasteiger charge is 2.38. The second-order valence-electron chi connectivity index (χ2n) is 6.95. The molecule has 6 heteroatoms. The molecule has 1 atom stereocenters. The number of para-hydroxylation sites is 1. The van der Waals surface area contributed by atoms with E-state index in [1.165, 1.54) is 17.3 Å². The van der Waals surface area contributed by atoms with Gasteiger partial charge < -0.3 is 9.47 Å². The molecule has 1 aliphatic heterocycles. The molecule has 0 aliphatic carbocycles. The predicted molar refractivity (Wildman–Crippen MR) is 106 cm³/mol. The van der Waals surface area contributed by atoms with Crippen LogP contribution in [-0.2, 0) is 16.8 Å². The van der Waals surface area contributed by atoms with Crippen molar-refractivity contribution in [2.75, 3.05) is 11.9 Å². The zero-order valence-electron chi connectivity index (χ0n) is 15.6. The molecule has 0 radical (unpaired) electrons. The Morgan fingerprint density at radius 1 is 1.38 bits per heavy atom. The minimum atomic E-state index is -0.247. The van der Waals surface area contributed by atoms with E-state index in [4.69, 9.17) is 0 Å². The van der Waals surface area contributed by atoms with Gasteiger partial charge in [0.1, 0.15) is 6.33 Å². The summed E-state index contributed by atoms with van der Waals surface area (Å²) < 4.78 is 1.88. The minimum Gasteiger partial charge on any atom is -0.347 e. The number of carbonyl (C=O) groups is 1. The highest BCUT2D eigenvalue weighted by Crippen LogP contribution is 2.46. The molecular formula is C20H24N4OS. The van der Waals surface area contributed by atoms with E-state index in [1.54, 1.807) is 18.5 Å². The predicted octanol–water partition coefficient (Wildman–Crippen LogP) is 3.83. The highest BCUT2D eigenvalue weighted by atomic mass is 32.2. The van der Waals surface area contributed by atoms with Gasteiger partial charge in [0, 0.05) is 36.5 Å². The summed E-state index contributed by atoms with van der Waals surface area (Å²) in [6, 6.07) is 8.30. The van der Waals surface area contributed by atoms with Gasteiger partial charge in [0.05, 0.1) is 5.25 Å². The summed E-state index contributed by atoms with van der Waals surface area (Å²) in [5.41, 5.74) is 3.22. The molecule has 3 rings (SSSR count). The van der Waals surface area contributed by atoms with Crippen LogP contribution in [0.3, 0.4) is 0 Å². The van der Waals surface area contributed by atoms with Gasteiger partial charge in [-0.25, -0.2) is 0 Å². The maximum atomic E-state index is 12.9. The van der Waals surface area contributed by atoms with Gasteiger partial charge >= 0.3 is 0 Å². The standard InChI is InChI=1S/C20H24N4OS/c1-6-11-24-13-21-22-19(24)26-14(2)17(25)12-18-20(3,4)15-9-7-8-10-16(15)23(18)5/h6-10,12-14H,1,11H2,2-5H3. The van der Waals surface area contributed by atoms with E-state index in [0.29, 0.717) is 6.54 Å². The third-order valence-corrected chi connectivity index (χ3v) is 5.92. The molecule has 0 N–H and O–H groups in total. The molecule has 0 bridgehead atoms. The van der Waals surface area contributed by atoms with Crippen molar-refractivity contribution in [3.63, 3.8) is 0 Å². The molecule has 0 spiro atoms. The van der Waals surface area contributed by atoms with Crippen molar-refractivity contribution >= 4 is 23.2 Å². The molecule has 26 heavy (non-hydrogen) atoms. The summed E-state index contributed by atoms with van der Waals surface area (Å²) in [5, 5.41) is 8.52. The molecule has 5 nitrogen and oxygen atoms in total.